The quantitative estimate of drug-likeness (QED) is 0.446. The smallest absolute Gasteiger partial charge is 0.191 e. The van der Waals surface area contributed by atoms with Crippen LogP contribution in [0.15, 0.2) is 29.3 Å². The van der Waals surface area contributed by atoms with Crippen molar-refractivity contribution in [2.24, 2.45) is 4.99 Å². The van der Waals surface area contributed by atoms with Crippen molar-refractivity contribution in [1.82, 2.24) is 15.5 Å². The Balaban J connectivity index is 1.37. The third-order valence-corrected chi connectivity index (χ3v) is 6.36. The zero-order chi connectivity index (χ0) is 17.3. The molecule has 1 saturated heterocycles. The lowest BCUT2D eigenvalue weighted by Gasteiger charge is -2.28. The molecule has 0 aromatic heterocycles. The highest BCUT2D eigenvalue weighted by atomic mass is 32.2. The van der Waals surface area contributed by atoms with Crippen molar-refractivity contribution in [3.8, 4) is 0 Å². The van der Waals surface area contributed by atoms with Crippen LogP contribution in [-0.4, -0.2) is 54.6 Å². The van der Waals surface area contributed by atoms with Gasteiger partial charge in [0.05, 0.1) is 6.54 Å². The number of thioether (sulfide) groups is 1. The third kappa shape index (κ3) is 5.93. The Morgan fingerprint density at radius 2 is 2.16 bits per heavy atom. The minimum atomic E-state index is 0.726. The van der Waals surface area contributed by atoms with E-state index in [0.29, 0.717) is 0 Å². The lowest BCUT2D eigenvalue weighted by molar-refractivity contribution is 0.251. The Kier molecular flexibility index (Phi) is 7.49. The fourth-order valence-electron chi connectivity index (χ4n) is 3.58. The van der Waals surface area contributed by atoms with Gasteiger partial charge in [-0.2, -0.15) is 11.8 Å². The molecule has 0 spiro atoms. The van der Waals surface area contributed by atoms with Gasteiger partial charge < -0.3 is 10.6 Å². The number of hydrogen-bond acceptors (Lipinski definition) is 3. The Morgan fingerprint density at radius 3 is 2.96 bits per heavy atom. The van der Waals surface area contributed by atoms with Crippen molar-refractivity contribution < 1.29 is 0 Å². The summed E-state index contributed by atoms with van der Waals surface area (Å²) in [5.41, 5.74) is 3.04. The first-order chi connectivity index (χ1) is 12.3. The van der Waals surface area contributed by atoms with Crippen molar-refractivity contribution >= 4 is 17.7 Å². The molecule has 25 heavy (non-hydrogen) atoms. The Morgan fingerprint density at radius 1 is 1.28 bits per heavy atom. The maximum absolute atomic E-state index is 4.77. The van der Waals surface area contributed by atoms with Crippen LogP contribution in [-0.2, 0) is 13.0 Å². The third-order valence-electron chi connectivity index (χ3n) is 4.97. The van der Waals surface area contributed by atoms with E-state index in [0.717, 1.165) is 50.4 Å². The average molecular weight is 361 g/mol. The van der Waals surface area contributed by atoms with Crippen molar-refractivity contribution in [1.29, 1.82) is 0 Å². The van der Waals surface area contributed by atoms with Gasteiger partial charge in [0, 0.05) is 38.0 Å². The van der Waals surface area contributed by atoms with E-state index < -0.39 is 0 Å². The molecule has 0 bridgehead atoms. The normalized spacial score (nSPS) is 21.2. The summed E-state index contributed by atoms with van der Waals surface area (Å²) in [6.45, 7) is 8.43. The number of nitrogens with one attached hydrogen (secondary N) is 2. The minimum absolute atomic E-state index is 0.726. The van der Waals surface area contributed by atoms with Gasteiger partial charge in [-0.1, -0.05) is 24.3 Å². The maximum Gasteiger partial charge on any atom is 0.191 e. The van der Waals surface area contributed by atoms with Gasteiger partial charge >= 0.3 is 0 Å². The number of nitrogens with zero attached hydrogens (tertiary/aromatic N) is 2. The highest BCUT2D eigenvalue weighted by Crippen LogP contribution is 2.26. The van der Waals surface area contributed by atoms with Crippen LogP contribution in [0.5, 0.6) is 0 Å². The summed E-state index contributed by atoms with van der Waals surface area (Å²) >= 11 is 2.07. The average Bonchev–Trinajstić information content (AvgIpc) is 3.16. The summed E-state index contributed by atoms with van der Waals surface area (Å²) in [4.78, 5) is 7.34. The van der Waals surface area contributed by atoms with E-state index >= 15 is 0 Å². The first-order valence-corrected chi connectivity index (χ1v) is 10.8. The molecule has 4 nitrogen and oxygen atoms in total. The van der Waals surface area contributed by atoms with E-state index in [9.17, 15) is 0 Å². The van der Waals surface area contributed by atoms with E-state index in [-0.39, 0.29) is 0 Å². The fourth-order valence-corrected chi connectivity index (χ4v) is 4.76. The van der Waals surface area contributed by atoms with E-state index in [4.69, 9.17) is 4.99 Å². The molecule has 2 aliphatic heterocycles. The first kappa shape index (κ1) is 18.6. The number of rotatable bonds is 7. The largest absolute Gasteiger partial charge is 0.357 e. The lowest BCUT2D eigenvalue weighted by Crippen LogP contribution is -2.39. The number of fused-ring (bicyclic) bond motifs is 1. The first-order valence-electron chi connectivity index (χ1n) is 9.78. The van der Waals surface area contributed by atoms with Crippen molar-refractivity contribution in [3.63, 3.8) is 0 Å². The minimum Gasteiger partial charge on any atom is -0.357 e. The topological polar surface area (TPSA) is 39.7 Å². The molecule has 3 rings (SSSR count). The molecule has 138 valence electrons. The Hall–Kier alpha value is -1.20. The summed E-state index contributed by atoms with van der Waals surface area (Å²) in [5.74, 6) is 2.29. The number of hydrogen-bond donors (Lipinski definition) is 2. The number of guanidine groups is 1. The van der Waals surface area contributed by atoms with Crippen molar-refractivity contribution in [2.75, 3.05) is 38.5 Å². The van der Waals surface area contributed by atoms with Gasteiger partial charge in [-0.15, -0.1) is 0 Å². The monoisotopic (exact) mass is 360 g/mol. The zero-order valence-electron chi connectivity index (χ0n) is 15.5. The molecule has 5 heteroatoms. The van der Waals surface area contributed by atoms with Crippen LogP contribution >= 0.6 is 11.8 Å². The maximum atomic E-state index is 4.77. The molecule has 1 aromatic rings. The molecule has 0 amide bonds. The number of aliphatic imine (C=N–C) groups is 1. The van der Waals surface area contributed by atoms with Crippen LogP contribution in [0.3, 0.4) is 0 Å². The van der Waals surface area contributed by atoms with Gasteiger partial charge in [0.1, 0.15) is 0 Å². The molecule has 1 unspecified atom stereocenters. The molecule has 0 saturated carbocycles. The van der Waals surface area contributed by atoms with Gasteiger partial charge in [-0.3, -0.25) is 9.89 Å². The standard InChI is InChI=1S/C20H32N4S/c1-2-21-20(23-15-19-9-5-14-25-19)22-11-6-12-24-13-10-17-7-3-4-8-18(17)16-24/h3-4,7-8,19H,2,5-6,9-16H2,1H3,(H2,21,22,23). The van der Waals surface area contributed by atoms with Crippen LogP contribution in [0, 0.1) is 0 Å². The molecule has 1 fully saturated rings. The molecule has 1 atom stereocenters. The lowest BCUT2D eigenvalue weighted by atomic mass is 10.00. The second kappa shape index (κ2) is 10.1. The highest BCUT2D eigenvalue weighted by molar-refractivity contribution is 8.00. The summed E-state index contributed by atoms with van der Waals surface area (Å²) in [5, 5.41) is 7.61. The van der Waals surface area contributed by atoms with Crippen LogP contribution in [0.4, 0.5) is 0 Å². The molecule has 0 aliphatic carbocycles. The highest BCUT2D eigenvalue weighted by Gasteiger charge is 2.16. The van der Waals surface area contributed by atoms with Crippen LogP contribution in [0.1, 0.15) is 37.3 Å². The van der Waals surface area contributed by atoms with Crippen LogP contribution in [0.2, 0.25) is 0 Å². The van der Waals surface area contributed by atoms with Crippen LogP contribution in [0.25, 0.3) is 0 Å². The molecule has 1 aromatic carbocycles. The molecular weight excluding hydrogens is 328 g/mol. The molecule has 2 aliphatic rings. The van der Waals surface area contributed by atoms with Gasteiger partial charge in [-0.25, -0.2) is 0 Å². The van der Waals surface area contributed by atoms with Gasteiger partial charge in [0.15, 0.2) is 5.96 Å². The Bertz CT molecular complexity index is 554. The van der Waals surface area contributed by atoms with E-state index in [1.54, 1.807) is 0 Å². The van der Waals surface area contributed by atoms with Gasteiger partial charge in [-0.05, 0) is 49.5 Å². The predicted molar refractivity (Wildman–Crippen MR) is 110 cm³/mol. The second-order valence-corrected chi connectivity index (χ2v) is 8.34. The summed E-state index contributed by atoms with van der Waals surface area (Å²) in [6, 6.07) is 8.86. The molecule has 2 heterocycles. The second-order valence-electron chi connectivity index (χ2n) is 6.93. The summed E-state index contributed by atoms with van der Waals surface area (Å²) in [7, 11) is 0. The predicted octanol–water partition coefficient (Wildman–Crippen LogP) is 2.89. The Labute approximate surface area is 156 Å². The SMILES string of the molecule is CCNC(=NCC1CCCS1)NCCCN1CCc2ccccc2C1. The van der Waals surface area contributed by atoms with Gasteiger partial charge in [0.25, 0.3) is 0 Å². The van der Waals surface area contributed by atoms with Crippen molar-refractivity contribution in [2.45, 2.75) is 44.4 Å². The van der Waals surface area contributed by atoms with Gasteiger partial charge in [0.2, 0.25) is 0 Å². The molecule has 0 radical (unpaired) electrons. The summed E-state index contributed by atoms with van der Waals surface area (Å²) < 4.78 is 0. The van der Waals surface area contributed by atoms with Crippen LogP contribution < -0.4 is 10.6 Å². The zero-order valence-corrected chi connectivity index (χ0v) is 16.3. The molecular formula is C20H32N4S. The summed E-state index contributed by atoms with van der Waals surface area (Å²) in [6.07, 6.45) is 5.02. The van der Waals surface area contributed by atoms with Crippen molar-refractivity contribution in [3.05, 3.63) is 35.4 Å². The van der Waals surface area contributed by atoms with E-state index in [2.05, 4.69) is 58.5 Å². The number of benzene rings is 1. The van der Waals surface area contributed by atoms with E-state index in [1.807, 2.05) is 0 Å². The molecule has 2 N–H and O–H groups in total. The van der Waals surface area contributed by atoms with E-state index in [1.165, 1.54) is 42.7 Å². The fraction of sp³-hybridized carbons (Fsp3) is 0.650.